The van der Waals surface area contributed by atoms with E-state index in [1.54, 1.807) is 32.0 Å². The van der Waals surface area contributed by atoms with Gasteiger partial charge < -0.3 is 19.3 Å². The van der Waals surface area contributed by atoms with Crippen molar-refractivity contribution in [1.29, 1.82) is 5.26 Å². The van der Waals surface area contributed by atoms with Crippen molar-refractivity contribution in [1.82, 2.24) is 9.80 Å². The van der Waals surface area contributed by atoms with Crippen LogP contribution in [0.3, 0.4) is 0 Å². The number of carbonyl (C=O) groups is 4. The molecule has 230 valence electrons. The summed E-state index contributed by atoms with van der Waals surface area (Å²) >= 11 is 1.57. The zero-order chi connectivity index (χ0) is 32.0. The summed E-state index contributed by atoms with van der Waals surface area (Å²) in [5.74, 6) is -0.0543. The van der Waals surface area contributed by atoms with Crippen molar-refractivity contribution in [3.63, 3.8) is 0 Å². The Labute approximate surface area is 269 Å². The lowest BCUT2D eigenvalue weighted by atomic mass is 9.79. The molecule has 1 unspecified atom stereocenters. The van der Waals surface area contributed by atoms with Crippen molar-refractivity contribution < 1.29 is 28.7 Å². The van der Waals surface area contributed by atoms with E-state index >= 15 is 0 Å². The highest BCUT2D eigenvalue weighted by Crippen LogP contribution is 2.62. The number of nitrogens with zero attached hydrogens (tertiary/aromatic N) is 3. The molecule has 0 N–H and O–H groups in total. The summed E-state index contributed by atoms with van der Waals surface area (Å²) in [5.41, 5.74) is 0.837. The van der Waals surface area contributed by atoms with Gasteiger partial charge in [0, 0.05) is 26.3 Å². The van der Waals surface area contributed by atoms with Crippen molar-refractivity contribution in [3.05, 3.63) is 95.6 Å². The van der Waals surface area contributed by atoms with Crippen LogP contribution in [0.4, 0.5) is 0 Å². The molecular weight excluding hydrogens is 611 g/mol. The van der Waals surface area contributed by atoms with E-state index in [2.05, 4.69) is 6.07 Å². The van der Waals surface area contributed by atoms with E-state index in [0.717, 1.165) is 34.7 Å². The van der Waals surface area contributed by atoms with Crippen LogP contribution < -0.4 is 9.47 Å². The van der Waals surface area contributed by atoms with Gasteiger partial charge >= 0.3 is 0 Å². The van der Waals surface area contributed by atoms with E-state index in [-0.39, 0.29) is 36.3 Å². The number of likely N-dealkylation sites (N-methyl/N-ethyl adjacent to an activating group) is 1. The molecule has 2 saturated heterocycles. The third kappa shape index (κ3) is 5.26. The lowest BCUT2D eigenvalue weighted by Crippen LogP contribution is -2.71. The summed E-state index contributed by atoms with van der Waals surface area (Å²) in [6, 6.07) is 25.0. The van der Waals surface area contributed by atoms with Crippen LogP contribution in [0, 0.1) is 16.7 Å². The summed E-state index contributed by atoms with van der Waals surface area (Å²) < 4.78 is 11.1. The average Bonchev–Trinajstić information content (AvgIpc) is 3.60. The number of carbonyl (C=O) groups excluding carboxylic acids is 4. The number of piperazine rings is 1. The van der Waals surface area contributed by atoms with Crippen LogP contribution in [0.2, 0.25) is 0 Å². The first-order valence-corrected chi connectivity index (χ1v) is 16.1. The minimum atomic E-state index is -1.72. The Bertz CT molecular complexity index is 1730. The first kappa shape index (κ1) is 30.7. The van der Waals surface area contributed by atoms with E-state index < -0.39 is 33.0 Å². The second-order valence-corrected chi connectivity index (χ2v) is 14.6. The Morgan fingerprint density at radius 3 is 2.04 bits per heavy atom. The van der Waals surface area contributed by atoms with Gasteiger partial charge in [-0.05, 0) is 66.2 Å². The maximum Gasteiger partial charge on any atom is 0.261 e. The highest BCUT2D eigenvalue weighted by molar-refractivity contribution is 8.16. The number of hydrogen-bond acceptors (Lipinski definition) is 9. The van der Waals surface area contributed by atoms with Crippen LogP contribution >= 0.6 is 23.5 Å². The fourth-order valence-electron chi connectivity index (χ4n) is 6.40. The molecule has 3 heterocycles. The second-order valence-electron chi connectivity index (χ2n) is 11.8. The highest BCUT2D eigenvalue weighted by Gasteiger charge is 2.71. The van der Waals surface area contributed by atoms with Crippen molar-refractivity contribution in [2.45, 2.75) is 48.9 Å². The Morgan fingerprint density at radius 2 is 1.44 bits per heavy atom. The van der Waals surface area contributed by atoms with E-state index in [1.165, 1.54) is 16.8 Å². The van der Waals surface area contributed by atoms with E-state index in [4.69, 9.17) is 9.47 Å². The van der Waals surface area contributed by atoms with Crippen LogP contribution in [0.1, 0.15) is 43.0 Å². The van der Waals surface area contributed by atoms with Gasteiger partial charge in [-0.25, -0.2) is 0 Å². The van der Waals surface area contributed by atoms with Gasteiger partial charge in [0.2, 0.25) is 6.79 Å². The molecule has 3 aliphatic rings. The summed E-state index contributed by atoms with van der Waals surface area (Å²) in [7, 11) is 1.49. The molecule has 3 aliphatic heterocycles. The molecule has 0 aromatic heterocycles. The SMILES string of the molecule is CN1C(=O)[C@@]2(SC(=O)Cc3ccccc3)C[C@](C)(C#N)C(c3ccc4c(c3)OCO4)N2C(=O)[C@]1(C)SC(=O)Cc1ccccc1. The maximum atomic E-state index is 14.9. The Hall–Kier alpha value is -4.27. The largest absolute Gasteiger partial charge is 0.454 e. The summed E-state index contributed by atoms with van der Waals surface area (Å²) in [6.45, 7) is 3.30. The number of hydrogen-bond donors (Lipinski definition) is 0. The van der Waals surface area contributed by atoms with E-state index in [0.29, 0.717) is 17.1 Å². The van der Waals surface area contributed by atoms with Crippen LogP contribution in [-0.4, -0.2) is 55.4 Å². The monoisotopic (exact) mass is 641 g/mol. The zero-order valence-corrected chi connectivity index (χ0v) is 26.7. The standard InChI is InChI=1S/C34H31N3O6S2/c1-32(20-35)19-34(45-28(39)17-23-12-8-5-9-13-23)31(41)36(3)33(2,44-27(38)16-22-10-6-4-7-11-22)30(40)37(34)29(32)24-14-15-25-26(18-24)43-21-42-25/h4-15,18,29H,16-17,19,21H2,1-3H3/t29?,32-,33+,34+/m1/s1. The van der Waals surface area contributed by atoms with E-state index in [1.807, 2.05) is 60.7 Å². The second kappa shape index (κ2) is 11.6. The van der Waals surface area contributed by atoms with Crippen LogP contribution in [0.25, 0.3) is 0 Å². The molecule has 4 atom stereocenters. The van der Waals surface area contributed by atoms with Crippen LogP contribution in [0.15, 0.2) is 78.9 Å². The van der Waals surface area contributed by atoms with E-state index in [9.17, 15) is 24.4 Å². The molecular formula is C34H31N3O6S2. The fourth-order valence-corrected chi connectivity index (χ4v) is 8.99. The Kier molecular flexibility index (Phi) is 7.91. The molecule has 9 nitrogen and oxygen atoms in total. The number of benzene rings is 3. The predicted octanol–water partition coefficient (Wildman–Crippen LogP) is 5.11. The number of nitriles is 1. The van der Waals surface area contributed by atoms with Gasteiger partial charge in [0.15, 0.2) is 31.5 Å². The lowest BCUT2D eigenvalue weighted by Gasteiger charge is -2.52. The molecule has 0 radical (unpaired) electrons. The molecule has 0 spiro atoms. The molecule has 0 aliphatic carbocycles. The first-order valence-electron chi connectivity index (χ1n) is 14.5. The molecule has 6 rings (SSSR count). The molecule has 2 amide bonds. The van der Waals surface area contributed by atoms with Gasteiger partial charge in [-0.2, -0.15) is 5.26 Å². The molecule has 3 aromatic rings. The quantitative estimate of drug-likeness (QED) is 0.347. The number of ether oxygens (including phenoxy) is 2. The van der Waals surface area contributed by atoms with Crippen molar-refractivity contribution in [2.75, 3.05) is 13.8 Å². The van der Waals surface area contributed by atoms with Crippen LogP contribution in [-0.2, 0) is 32.0 Å². The van der Waals surface area contributed by atoms with Crippen molar-refractivity contribution >= 4 is 45.6 Å². The topological polar surface area (TPSA) is 117 Å². The highest BCUT2D eigenvalue weighted by atomic mass is 32.2. The van der Waals surface area contributed by atoms with Crippen molar-refractivity contribution in [3.8, 4) is 17.6 Å². The summed E-state index contributed by atoms with van der Waals surface area (Å²) in [5, 5.41) is 10.0. The minimum Gasteiger partial charge on any atom is -0.454 e. The Morgan fingerprint density at radius 1 is 0.867 bits per heavy atom. The van der Waals surface area contributed by atoms with Crippen LogP contribution in [0.5, 0.6) is 11.5 Å². The van der Waals surface area contributed by atoms with Crippen molar-refractivity contribution in [2.24, 2.45) is 5.41 Å². The molecule has 0 bridgehead atoms. The number of rotatable bonds is 7. The predicted molar refractivity (Wildman–Crippen MR) is 170 cm³/mol. The summed E-state index contributed by atoms with van der Waals surface area (Å²) in [6.07, 6.45) is 0.00755. The third-order valence-electron chi connectivity index (χ3n) is 8.70. The lowest BCUT2D eigenvalue weighted by molar-refractivity contribution is -0.163. The molecule has 2 fully saturated rings. The molecule has 3 aromatic carbocycles. The zero-order valence-electron chi connectivity index (χ0n) is 25.0. The molecule has 0 saturated carbocycles. The van der Waals surface area contributed by atoms with Gasteiger partial charge in [-0.1, -0.05) is 66.7 Å². The Balaban J connectivity index is 1.44. The average molecular weight is 642 g/mol. The smallest absolute Gasteiger partial charge is 0.261 e. The number of amides is 2. The normalized spacial score (nSPS) is 26.8. The molecule has 45 heavy (non-hydrogen) atoms. The minimum absolute atomic E-state index is 0.0336. The third-order valence-corrected chi connectivity index (χ3v) is 11.1. The first-order chi connectivity index (χ1) is 21.5. The van der Waals surface area contributed by atoms with Gasteiger partial charge in [-0.3, -0.25) is 19.2 Å². The summed E-state index contributed by atoms with van der Waals surface area (Å²) in [4.78, 5) is 56.0. The van der Waals surface area contributed by atoms with Gasteiger partial charge in [-0.15, -0.1) is 0 Å². The number of fused-ring (bicyclic) bond motifs is 2. The number of thioether (sulfide) groups is 2. The van der Waals surface area contributed by atoms with Gasteiger partial charge in [0.25, 0.3) is 11.8 Å². The van der Waals surface area contributed by atoms with Gasteiger partial charge in [0.05, 0.1) is 17.5 Å². The maximum absolute atomic E-state index is 14.9. The van der Waals surface area contributed by atoms with Gasteiger partial charge in [0.1, 0.15) is 0 Å². The fraction of sp³-hybridized carbons (Fsp3) is 0.324. The molecule has 11 heteroatoms.